The molecule has 1 aromatic carbocycles. The molecule has 0 aliphatic heterocycles. The van der Waals surface area contributed by atoms with Gasteiger partial charge in [-0.05, 0) is 24.6 Å². The molecule has 0 spiro atoms. The minimum absolute atomic E-state index is 0.635. The first-order valence-electron chi connectivity index (χ1n) is 2.76. The van der Waals surface area contributed by atoms with Gasteiger partial charge in [-0.1, -0.05) is 23.2 Å². The van der Waals surface area contributed by atoms with Crippen LogP contribution in [0.2, 0.25) is 10.0 Å². The Morgan fingerprint density at radius 1 is 1.30 bits per heavy atom. The van der Waals surface area contributed by atoms with Crippen molar-refractivity contribution in [1.82, 2.24) is 0 Å². The van der Waals surface area contributed by atoms with Crippen molar-refractivity contribution < 1.29 is 0 Å². The highest BCUT2D eigenvalue weighted by Crippen LogP contribution is 2.28. The Bertz CT molecular complexity index is 231. The molecular weight excluding hydrogens is 187 g/mol. The number of hydrogen-bond acceptors (Lipinski definition) is 1. The summed E-state index contributed by atoms with van der Waals surface area (Å²) >= 11 is 15.7. The third-order valence-electron chi connectivity index (χ3n) is 1.30. The van der Waals surface area contributed by atoms with Gasteiger partial charge >= 0.3 is 0 Å². The Kier molecular flexibility index (Phi) is 2.50. The van der Waals surface area contributed by atoms with E-state index in [1.165, 1.54) is 0 Å². The van der Waals surface area contributed by atoms with Crippen LogP contribution in [-0.4, -0.2) is 0 Å². The van der Waals surface area contributed by atoms with Crippen LogP contribution >= 0.6 is 35.8 Å². The van der Waals surface area contributed by atoms with Crippen LogP contribution in [0.1, 0.15) is 5.56 Å². The summed E-state index contributed by atoms with van der Waals surface area (Å²) in [6.07, 6.45) is 0. The maximum Gasteiger partial charge on any atom is 0.0583 e. The van der Waals surface area contributed by atoms with Gasteiger partial charge in [0.1, 0.15) is 0 Å². The van der Waals surface area contributed by atoms with Gasteiger partial charge in [-0.15, -0.1) is 12.6 Å². The van der Waals surface area contributed by atoms with Crippen LogP contribution in [0.3, 0.4) is 0 Å². The zero-order valence-corrected chi connectivity index (χ0v) is 7.76. The van der Waals surface area contributed by atoms with Gasteiger partial charge in [-0.25, -0.2) is 0 Å². The minimum Gasteiger partial charge on any atom is -0.142 e. The standard InChI is InChI=1S/C7H6Cl2S/c1-4-5(8)2-3-6(10)7(4)9/h2-3,10H,1H3. The second kappa shape index (κ2) is 3.04. The molecule has 0 aromatic heterocycles. The first-order valence-corrected chi connectivity index (χ1v) is 3.97. The van der Waals surface area contributed by atoms with Crippen molar-refractivity contribution in [2.24, 2.45) is 0 Å². The highest BCUT2D eigenvalue weighted by atomic mass is 35.5. The molecule has 0 aliphatic rings. The van der Waals surface area contributed by atoms with Gasteiger partial charge in [0.05, 0.1) is 5.02 Å². The lowest BCUT2D eigenvalue weighted by Gasteiger charge is -2.01. The van der Waals surface area contributed by atoms with Gasteiger partial charge in [-0.2, -0.15) is 0 Å². The van der Waals surface area contributed by atoms with Crippen LogP contribution in [0.25, 0.3) is 0 Å². The molecule has 0 saturated heterocycles. The second-order valence-corrected chi connectivity index (χ2v) is 3.27. The molecule has 0 N–H and O–H groups in total. The zero-order valence-electron chi connectivity index (χ0n) is 5.36. The van der Waals surface area contributed by atoms with E-state index >= 15 is 0 Å². The average molecular weight is 193 g/mol. The van der Waals surface area contributed by atoms with E-state index in [-0.39, 0.29) is 0 Å². The molecule has 0 bridgehead atoms. The predicted molar refractivity (Wildman–Crippen MR) is 48.5 cm³/mol. The summed E-state index contributed by atoms with van der Waals surface area (Å²) in [6, 6.07) is 3.56. The summed E-state index contributed by atoms with van der Waals surface area (Å²) in [5.41, 5.74) is 0.885. The van der Waals surface area contributed by atoms with Crippen molar-refractivity contribution in [3.63, 3.8) is 0 Å². The number of rotatable bonds is 0. The summed E-state index contributed by atoms with van der Waals surface area (Å²) in [4.78, 5) is 0.767. The van der Waals surface area contributed by atoms with E-state index in [0.29, 0.717) is 10.0 Å². The Balaban J connectivity index is 3.34. The molecule has 0 atom stereocenters. The molecular formula is C7H6Cl2S. The van der Waals surface area contributed by atoms with Crippen LogP contribution in [0.5, 0.6) is 0 Å². The fraction of sp³-hybridized carbons (Fsp3) is 0.143. The normalized spacial score (nSPS) is 10.0. The molecule has 0 saturated carbocycles. The number of hydrogen-bond donors (Lipinski definition) is 1. The smallest absolute Gasteiger partial charge is 0.0583 e. The van der Waals surface area contributed by atoms with Gasteiger partial charge < -0.3 is 0 Å². The Morgan fingerprint density at radius 3 is 2.40 bits per heavy atom. The topological polar surface area (TPSA) is 0 Å². The molecule has 0 nitrogen and oxygen atoms in total. The molecule has 1 aromatic rings. The van der Waals surface area contributed by atoms with Crippen molar-refractivity contribution in [2.45, 2.75) is 11.8 Å². The van der Waals surface area contributed by atoms with E-state index in [9.17, 15) is 0 Å². The summed E-state index contributed by atoms with van der Waals surface area (Å²) in [6.45, 7) is 1.87. The number of benzene rings is 1. The van der Waals surface area contributed by atoms with Crippen molar-refractivity contribution in [3.05, 3.63) is 27.7 Å². The zero-order chi connectivity index (χ0) is 7.72. The lowest BCUT2D eigenvalue weighted by molar-refractivity contribution is 1.37. The third kappa shape index (κ3) is 1.42. The van der Waals surface area contributed by atoms with Gasteiger partial charge in [0.25, 0.3) is 0 Å². The summed E-state index contributed by atoms with van der Waals surface area (Å²) < 4.78 is 0. The minimum atomic E-state index is 0.635. The molecule has 0 amide bonds. The first-order chi connectivity index (χ1) is 4.63. The highest BCUT2D eigenvalue weighted by molar-refractivity contribution is 7.80. The van der Waals surface area contributed by atoms with E-state index in [1.54, 1.807) is 12.1 Å². The van der Waals surface area contributed by atoms with Crippen LogP contribution in [0, 0.1) is 6.92 Å². The summed E-state index contributed by atoms with van der Waals surface area (Å²) in [5, 5.41) is 1.32. The SMILES string of the molecule is Cc1c(Cl)ccc(S)c1Cl. The number of halogens is 2. The molecule has 1 rings (SSSR count). The number of thiol groups is 1. The van der Waals surface area contributed by atoms with Gasteiger partial charge in [0.15, 0.2) is 0 Å². The van der Waals surface area contributed by atoms with Gasteiger partial charge in [-0.3, -0.25) is 0 Å². The lowest BCUT2D eigenvalue weighted by Crippen LogP contribution is -1.78. The molecule has 3 heteroatoms. The second-order valence-electron chi connectivity index (χ2n) is 2.01. The van der Waals surface area contributed by atoms with E-state index in [4.69, 9.17) is 23.2 Å². The van der Waals surface area contributed by atoms with Crippen LogP contribution < -0.4 is 0 Å². The monoisotopic (exact) mass is 192 g/mol. The highest BCUT2D eigenvalue weighted by Gasteiger charge is 2.02. The summed E-state index contributed by atoms with van der Waals surface area (Å²) in [5.74, 6) is 0. The van der Waals surface area contributed by atoms with Crippen LogP contribution in [0.15, 0.2) is 17.0 Å². The van der Waals surface area contributed by atoms with Gasteiger partial charge in [0.2, 0.25) is 0 Å². The quantitative estimate of drug-likeness (QED) is 0.598. The maximum atomic E-state index is 5.82. The largest absolute Gasteiger partial charge is 0.142 e. The van der Waals surface area contributed by atoms with Gasteiger partial charge in [0, 0.05) is 9.92 Å². The predicted octanol–water partition coefficient (Wildman–Crippen LogP) is 3.59. The first kappa shape index (κ1) is 8.25. The van der Waals surface area contributed by atoms with E-state index < -0.39 is 0 Å². The summed E-state index contributed by atoms with van der Waals surface area (Å²) in [7, 11) is 0. The average Bonchev–Trinajstić information content (AvgIpc) is 1.93. The lowest BCUT2D eigenvalue weighted by atomic mass is 10.2. The molecule has 0 aliphatic carbocycles. The van der Waals surface area contributed by atoms with Crippen molar-refractivity contribution in [1.29, 1.82) is 0 Å². The van der Waals surface area contributed by atoms with E-state index in [1.807, 2.05) is 6.92 Å². The van der Waals surface area contributed by atoms with E-state index in [2.05, 4.69) is 12.6 Å². The molecule has 10 heavy (non-hydrogen) atoms. The maximum absolute atomic E-state index is 5.82. The molecule has 0 radical (unpaired) electrons. The molecule has 0 heterocycles. The van der Waals surface area contributed by atoms with E-state index in [0.717, 1.165) is 10.5 Å². The van der Waals surface area contributed by atoms with Crippen LogP contribution in [-0.2, 0) is 0 Å². The third-order valence-corrected chi connectivity index (χ3v) is 2.70. The molecule has 0 unspecified atom stereocenters. The van der Waals surface area contributed by atoms with Crippen molar-refractivity contribution in [2.75, 3.05) is 0 Å². The Hall–Kier alpha value is 0.150. The fourth-order valence-electron chi connectivity index (χ4n) is 0.647. The molecule has 0 fully saturated rings. The van der Waals surface area contributed by atoms with Crippen LogP contribution in [0.4, 0.5) is 0 Å². The Morgan fingerprint density at radius 2 is 1.90 bits per heavy atom. The molecule has 54 valence electrons. The van der Waals surface area contributed by atoms with Crippen molar-refractivity contribution in [3.8, 4) is 0 Å². The Labute approximate surface area is 75.6 Å². The fourth-order valence-corrected chi connectivity index (χ4v) is 1.26. The van der Waals surface area contributed by atoms with Crippen molar-refractivity contribution >= 4 is 35.8 Å².